The molecule has 0 atom stereocenters. The minimum atomic E-state index is -0.294. The molecule has 1 aliphatic heterocycles. The highest BCUT2D eigenvalue weighted by atomic mass is 16.2. The number of nitrogen functional groups attached to an aromatic ring is 1. The molecule has 0 aliphatic carbocycles. The Morgan fingerprint density at radius 3 is 2.35 bits per heavy atom. The van der Waals surface area contributed by atoms with Crippen molar-refractivity contribution in [2.75, 3.05) is 18.8 Å². The van der Waals surface area contributed by atoms with Crippen LogP contribution in [0, 0.1) is 0 Å². The fourth-order valence-corrected chi connectivity index (χ4v) is 2.86. The zero-order valence-electron chi connectivity index (χ0n) is 12.9. The summed E-state index contributed by atoms with van der Waals surface area (Å²) in [6.07, 6.45) is 4.52. The van der Waals surface area contributed by atoms with Crippen molar-refractivity contribution in [1.29, 1.82) is 0 Å². The molecule has 0 saturated carbocycles. The van der Waals surface area contributed by atoms with Gasteiger partial charge in [-0.1, -0.05) is 25.0 Å². The maximum atomic E-state index is 12.5. The third-order valence-corrected chi connectivity index (χ3v) is 4.08. The number of aromatic nitrogens is 2. The van der Waals surface area contributed by atoms with Crippen LogP contribution in [-0.2, 0) is 0 Å². The van der Waals surface area contributed by atoms with Gasteiger partial charge in [-0.05, 0) is 25.0 Å². The van der Waals surface area contributed by atoms with Gasteiger partial charge in [0, 0.05) is 30.3 Å². The second-order valence-corrected chi connectivity index (χ2v) is 5.80. The van der Waals surface area contributed by atoms with E-state index in [4.69, 9.17) is 5.73 Å². The number of nitrogens with two attached hydrogens (primary N) is 1. The van der Waals surface area contributed by atoms with Crippen molar-refractivity contribution in [3.05, 3.63) is 46.2 Å². The van der Waals surface area contributed by atoms with Crippen LogP contribution in [0.2, 0.25) is 0 Å². The van der Waals surface area contributed by atoms with Gasteiger partial charge in [0.05, 0.1) is 5.69 Å². The Morgan fingerprint density at radius 2 is 1.74 bits per heavy atom. The Morgan fingerprint density at radius 1 is 1.09 bits per heavy atom. The molecule has 120 valence electrons. The highest BCUT2D eigenvalue weighted by Gasteiger charge is 2.17. The van der Waals surface area contributed by atoms with Gasteiger partial charge in [-0.3, -0.25) is 14.6 Å². The van der Waals surface area contributed by atoms with Crippen molar-refractivity contribution in [2.24, 2.45) is 0 Å². The molecule has 1 fully saturated rings. The third-order valence-electron chi connectivity index (χ3n) is 4.08. The molecule has 2 heterocycles. The van der Waals surface area contributed by atoms with Crippen LogP contribution in [0.25, 0.3) is 11.3 Å². The molecule has 3 rings (SSSR count). The number of rotatable bonds is 2. The first-order chi connectivity index (χ1) is 11.1. The average Bonchev–Trinajstić information content (AvgIpc) is 2.83. The zero-order valence-corrected chi connectivity index (χ0v) is 12.9. The number of benzene rings is 1. The highest BCUT2D eigenvalue weighted by Crippen LogP contribution is 2.19. The summed E-state index contributed by atoms with van der Waals surface area (Å²) in [6.45, 7) is 1.65. The Labute approximate surface area is 134 Å². The molecule has 23 heavy (non-hydrogen) atoms. The summed E-state index contributed by atoms with van der Waals surface area (Å²) in [5.74, 6) is 0.147. The molecule has 2 aromatic rings. The Hall–Kier alpha value is -2.63. The van der Waals surface area contributed by atoms with Crippen LogP contribution in [0.4, 0.5) is 5.95 Å². The number of hydrogen-bond acceptors (Lipinski definition) is 4. The van der Waals surface area contributed by atoms with Crippen LogP contribution in [-0.4, -0.2) is 33.9 Å². The van der Waals surface area contributed by atoms with Crippen molar-refractivity contribution in [2.45, 2.75) is 25.7 Å². The highest BCUT2D eigenvalue weighted by molar-refractivity contribution is 5.94. The predicted octanol–water partition coefficient (Wildman–Crippen LogP) is 2.04. The predicted molar refractivity (Wildman–Crippen MR) is 89.1 cm³/mol. The van der Waals surface area contributed by atoms with E-state index < -0.39 is 0 Å². The lowest BCUT2D eigenvalue weighted by Crippen LogP contribution is -2.31. The standard InChI is InChI=1S/C17H20N4O2/c18-17-19-14(11-15(22)20-17)12-5-7-13(8-6-12)16(23)21-9-3-1-2-4-10-21/h5-8,11H,1-4,9-10H2,(H3,18,19,20,22). The van der Waals surface area contributed by atoms with Crippen molar-refractivity contribution < 1.29 is 4.79 Å². The van der Waals surface area contributed by atoms with Crippen LogP contribution in [0.3, 0.4) is 0 Å². The second kappa shape index (κ2) is 6.64. The number of carbonyl (C=O) groups excluding carboxylic acids is 1. The molecule has 0 spiro atoms. The summed E-state index contributed by atoms with van der Waals surface area (Å²) in [5, 5.41) is 0. The van der Waals surface area contributed by atoms with Crippen LogP contribution in [0.1, 0.15) is 36.0 Å². The van der Waals surface area contributed by atoms with Crippen molar-refractivity contribution in [1.82, 2.24) is 14.9 Å². The number of likely N-dealkylation sites (tertiary alicyclic amines) is 1. The van der Waals surface area contributed by atoms with E-state index in [1.807, 2.05) is 4.90 Å². The van der Waals surface area contributed by atoms with Crippen molar-refractivity contribution in [3.8, 4) is 11.3 Å². The van der Waals surface area contributed by atoms with Gasteiger partial charge in [-0.15, -0.1) is 0 Å². The van der Waals surface area contributed by atoms with E-state index in [2.05, 4.69) is 9.97 Å². The van der Waals surface area contributed by atoms with Crippen LogP contribution in [0.5, 0.6) is 0 Å². The van der Waals surface area contributed by atoms with Gasteiger partial charge in [0.15, 0.2) is 0 Å². The van der Waals surface area contributed by atoms with Gasteiger partial charge in [0.2, 0.25) is 5.95 Å². The summed E-state index contributed by atoms with van der Waals surface area (Å²) in [5.41, 5.74) is 7.19. The van der Waals surface area contributed by atoms with E-state index in [1.54, 1.807) is 24.3 Å². The van der Waals surface area contributed by atoms with Gasteiger partial charge in [0.25, 0.3) is 11.5 Å². The largest absolute Gasteiger partial charge is 0.369 e. The molecule has 1 amide bonds. The first-order valence-electron chi connectivity index (χ1n) is 7.90. The van der Waals surface area contributed by atoms with Gasteiger partial charge in [-0.25, -0.2) is 4.98 Å². The average molecular weight is 312 g/mol. The maximum Gasteiger partial charge on any atom is 0.253 e. The van der Waals surface area contributed by atoms with Gasteiger partial charge < -0.3 is 10.6 Å². The molecule has 0 radical (unpaired) electrons. The lowest BCUT2D eigenvalue weighted by molar-refractivity contribution is 0.0761. The zero-order chi connectivity index (χ0) is 16.2. The van der Waals surface area contributed by atoms with E-state index in [0.29, 0.717) is 11.3 Å². The van der Waals surface area contributed by atoms with E-state index >= 15 is 0 Å². The van der Waals surface area contributed by atoms with Crippen LogP contribution >= 0.6 is 0 Å². The molecule has 1 aromatic heterocycles. The summed E-state index contributed by atoms with van der Waals surface area (Å²) >= 11 is 0. The Kier molecular flexibility index (Phi) is 4.41. The number of nitrogens with one attached hydrogen (secondary N) is 1. The summed E-state index contributed by atoms with van der Waals surface area (Å²) in [7, 11) is 0. The summed E-state index contributed by atoms with van der Waals surface area (Å²) < 4.78 is 0. The Bertz CT molecular complexity index is 744. The quantitative estimate of drug-likeness (QED) is 0.887. The smallest absolute Gasteiger partial charge is 0.253 e. The monoisotopic (exact) mass is 312 g/mol. The van der Waals surface area contributed by atoms with E-state index in [-0.39, 0.29) is 17.4 Å². The number of H-pyrrole nitrogens is 1. The molecular weight excluding hydrogens is 292 g/mol. The van der Waals surface area contributed by atoms with Gasteiger partial charge in [0.1, 0.15) is 0 Å². The fraction of sp³-hybridized carbons (Fsp3) is 0.353. The van der Waals surface area contributed by atoms with Crippen molar-refractivity contribution >= 4 is 11.9 Å². The number of aromatic amines is 1. The molecule has 0 bridgehead atoms. The molecule has 6 heteroatoms. The molecule has 1 aromatic carbocycles. The lowest BCUT2D eigenvalue weighted by Gasteiger charge is -2.20. The fourth-order valence-electron chi connectivity index (χ4n) is 2.86. The van der Waals surface area contributed by atoms with E-state index in [0.717, 1.165) is 31.5 Å². The normalized spacial score (nSPS) is 15.2. The summed E-state index contributed by atoms with van der Waals surface area (Å²) in [6, 6.07) is 8.55. The number of amides is 1. The minimum Gasteiger partial charge on any atom is -0.369 e. The number of carbonyl (C=O) groups is 1. The van der Waals surface area contributed by atoms with Gasteiger partial charge >= 0.3 is 0 Å². The Balaban J connectivity index is 1.81. The molecule has 0 unspecified atom stereocenters. The second-order valence-electron chi connectivity index (χ2n) is 5.80. The van der Waals surface area contributed by atoms with E-state index in [9.17, 15) is 9.59 Å². The first kappa shape index (κ1) is 15.3. The van der Waals surface area contributed by atoms with Crippen LogP contribution in [0.15, 0.2) is 35.1 Å². The summed E-state index contributed by atoms with van der Waals surface area (Å²) in [4.78, 5) is 32.4. The topological polar surface area (TPSA) is 92.1 Å². The molecule has 3 N–H and O–H groups in total. The lowest BCUT2D eigenvalue weighted by atomic mass is 10.1. The van der Waals surface area contributed by atoms with Crippen LogP contribution < -0.4 is 11.3 Å². The first-order valence-corrected chi connectivity index (χ1v) is 7.90. The molecule has 1 saturated heterocycles. The molecule has 1 aliphatic rings. The molecule has 6 nitrogen and oxygen atoms in total. The maximum absolute atomic E-state index is 12.5. The number of nitrogens with zero attached hydrogens (tertiary/aromatic N) is 2. The number of hydrogen-bond donors (Lipinski definition) is 2. The van der Waals surface area contributed by atoms with E-state index in [1.165, 1.54) is 18.9 Å². The number of anilines is 1. The third kappa shape index (κ3) is 3.59. The minimum absolute atomic E-state index is 0.0665. The van der Waals surface area contributed by atoms with Crippen molar-refractivity contribution in [3.63, 3.8) is 0 Å². The molecular formula is C17H20N4O2. The SMILES string of the molecule is Nc1nc(-c2ccc(C(=O)N3CCCCCC3)cc2)cc(=O)[nH]1. The van der Waals surface area contributed by atoms with Gasteiger partial charge in [-0.2, -0.15) is 0 Å².